The maximum Gasteiger partial charge on any atom is 0.336 e. The van der Waals surface area contributed by atoms with Crippen LogP contribution in [0, 0.1) is 0 Å². The molecule has 0 radical (unpaired) electrons. The second kappa shape index (κ2) is 14.2. The van der Waals surface area contributed by atoms with Gasteiger partial charge in [-0.3, -0.25) is 19.2 Å². The molecule has 2 aliphatic heterocycles. The summed E-state index contributed by atoms with van der Waals surface area (Å²) in [6.07, 6.45) is 3.88. The van der Waals surface area contributed by atoms with Gasteiger partial charge in [-0.05, 0) is 58.2 Å². The van der Waals surface area contributed by atoms with Crippen molar-refractivity contribution in [1.29, 1.82) is 0 Å². The highest BCUT2D eigenvalue weighted by Gasteiger charge is 2.40. The van der Waals surface area contributed by atoms with Crippen LogP contribution in [-0.4, -0.2) is 102 Å². The molecular formula is C28H38N4O9. The first-order valence-corrected chi connectivity index (χ1v) is 13.8. The Labute approximate surface area is 237 Å². The van der Waals surface area contributed by atoms with E-state index < -0.39 is 36.4 Å². The number of rotatable bonds is 10. The Morgan fingerprint density at radius 2 is 1.51 bits per heavy atom. The lowest BCUT2D eigenvalue weighted by Gasteiger charge is -2.38. The van der Waals surface area contributed by atoms with E-state index in [0.717, 1.165) is 44.4 Å². The van der Waals surface area contributed by atoms with Crippen LogP contribution in [0.2, 0.25) is 0 Å². The van der Waals surface area contributed by atoms with Crippen molar-refractivity contribution in [2.24, 2.45) is 0 Å². The molecule has 1 amide bonds. The van der Waals surface area contributed by atoms with Crippen LogP contribution >= 0.6 is 0 Å². The monoisotopic (exact) mass is 574 g/mol. The van der Waals surface area contributed by atoms with Gasteiger partial charge in [0.1, 0.15) is 0 Å². The molecule has 1 aromatic heterocycles. The third-order valence-electron chi connectivity index (χ3n) is 7.46. The molecule has 2 aliphatic rings. The third-order valence-corrected chi connectivity index (χ3v) is 7.46. The number of aliphatic carboxylic acids is 3. The number of aliphatic hydroxyl groups is 1. The SMILES string of the molecule is CCn1nc(CC(=O)N2CCCCC2CN2CCCC2)c2ccccc2c1=O.O=C(O)CC(O)(CC(=O)O)C(=O)O. The largest absolute Gasteiger partial charge is 0.481 e. The van der Waals surface area contributed by atoms with Gasteiger partial charge >= 0.3 is 17.9 Å². The molecule has 2 aromatic rings. The first kappa shape index (κ1) is 31.7. The topological polar surface area (TPSA) is 191 Å². The minimum Gasteiger partial charge on any atom is -0.481 e. The number of benzene rings is 1. The first-order chi connectivity index (χ1) is 19.4. The van der Waals surface area contributed by atoms with Crippen molar-refractivity contribution < 1.29 is 39.6 Å². The highest BCUT2D eigenvalue weighted by molar-refractivity contribution is 5.89. The summed E-state index contributed by atoms with van der Waals surface area (Å²) in [6, 6.07) is 7.82. The predicted octanol–water partition coefficient (Wildman–Crippen LogP) is 1.19. The summed E-state index contributed by atoms with van der Waals surface area (Å²) in [4.78, 5) is 60.9. The van der Waals surface area contributed by atoms with E-state index in [-0.39, 0.29) is 17.9 Å². The number of aromatic nitrogens is 2. The van der Waals surface area contributed by atoms with Gasteiger partial charge in [-0.1, -0.05) is 18.2 Å². The molecule has 3 heterocycles. The number of amides is 1. The lowest BCUT2D eigenvalue weighted by Crippen LogP contribution is -2.49. The molecule has 1 atom stereocenters. The summed E-state index contributed by atoms with van der Waals surface area (Å²) in [5.74, 6) is -4.88. The Morgan fingerprint density at radius 1 is 0.927 bits per heavy atom. The van der Waals surface area contributed by atoms with Crippen molar-refractivity contribution in [3.63, 3.8) is 0 Å². The number of hydrogen-bond donors (Lipinski definition) is 4. The van der Waals surface area contributed by atoms with E-state index >= 15 is 0 Å². The maximum atomic E-state index is 13.3. The molecule has 0 spiro atoms. The number of likely N-dealkylation sites (tertiary alicyclic amines) is 2. The van der Waals surface area contributed by atoms with Crippen LogP contribution in [0.15, 0.2) is 29.1 Å². The van der Waals surface area contributed by atoms with Crippen molar-refractivity contribution in [2.75, 3.05) is 26.2 Å². The second-order valence-electron chi connectivity index (χ2n) is 10.5. The van der Waals surface area contributed by atoms with Crippen LogP contribution in [0.1, 0.15) is 57.6 Å². The summed E-state index contributed by atoms with van der Waals surface area (Å²) >= 11 is 0. The number of hydrogen-bond acceptors (Lipinski definition) is 8. The average Bonchev–Trinajstić information content (AvgIpc) is 3.43. The van der Waals surface area contributed by atoms with Crippen molar-refractivity contribution in [2.45, 2.75) is 76.5 Å². The predicted molar refractivity (Wildman–Crippen MR) is 147 cm³/mol. The minimum atomic E-state index is -2.74. The third kappa shape index (κ3) is 8.33. The number of piperidine rings is 1. The maximum absolute atomic E-state index is 13.3. The smallest absolute Gasteiger partial charge is 0.336 e. The van der Waals surface area contributed by atoms with Gasteiger partial charge in [-0.15, -0.1) is 0 Å². The molecule has 2 saturated heterocycles. The van der Waals surface area contributed by atoms with E-state index in [4.69, 9.17) is 20.4 Å². The van der Waals surface area contributed by atoms with Gasteiger partial charge in [0.2, 0.25) is 5.91 Å². The Bertz CT molecular complexity index is 1300. The van der Waals surface area contributed by atoms with Crippen LogP contribution in [0.25, 0.3) is 10.8 Å². The summed E-state index contributed by atoms with van der Waals surface area (Å²) in [5.41, 5.74) is -2.11. The number of carboxylic acid groups (broad SMARTS) is 3. The zero-order valence-electron chi connectivity index (χ0n) is 23.2. The zero-order chi connectivity index (χ0) is 30.2. The van der Waals surface area contributed by atoms with Crippen molar-refractivity contribution in [3.8, 4) is 0 Å². The molecule has 4 N–H and O–H groups in total. The molecule has 13 heteroatoms. The number of nitrogens with zero attached hydrogens (tertiary/aromatic N) is 4. The van der Waals surface area contributed by atoms with Gasteiger partial charge in [-0.25, -0.2) is 9.48 Å². The molecule has 1 aromatic carbocycles. The van der Waals surface area contributed by atoms with E-state index in [1.165, 1.54) is 23.9 Å². The fraction of sp³-hybridized carbons (Fsp3) is 0.571. The van der Waals surface area contributed by atoms with Gasteiger partial charge in [0.15, 0.2) is 5.60 Å². The molecule has 0 bridgehead atoms. The molecule has 2 fully saturated rings. The van der Waals surface area contributed by atoms with Crippen LogP contribution in [0.3, 0.4) is 0 Å². The van der Waals surface area contributed by atoms with Gasteiger partial charge in [0.25, 0.3) is 5.56 Å². The van der Waals surface area contributed by atoms with Crippen molar-refractivity contribution in [1.82, 2.24) is 19.6 Å². The standard InChI is InChI=1S/C22H30N4O2.C6H8O7/c1-2-26-22(28)19-11-4-3-10-18(19)20(23-26)15-21(27)25-14-6-5-9-17(25)16-24-12-7-8-13-24;7-3(8)1-6(13,5(11)12)2-4(9)10/h3-4,10-11,17H,2,5-9,12-16H2,1H3;13H,1-2H2,(H,7,8)(H,9,10)(H,11,12). The van der Waals surface area contributed by atoms with E-state index in [1.807, 2.05) is 31.2 Å². The molecule has 224 valence electrons. The lowest BCUT2D eigenvalue weighted by molar-refractivity contribution is -0.170. The summed E-state index contributed by atoms with van der Waals surface area (Å²) in [5, 5.41) is 39.8. The number of fused-ring (bicyclic) bond motifs is 1. The van der Waals surface area contributed by atoms with Gasteiger partial charge in [0, 0.05) is 31.1 Å². The molecule has 41 heavy (non-hydrogen) atoms. The first-order valence-electron chi connectivity index (χ1n) is 13.8. The van der Waals surface area contributed by atoms with Crippen LogP contribution < -0.4 is 5.56 Å². The molecule has 0 aliphatic carbocycles. The fourth-order valence-corrected chi connectivity index (χ4v) is 5.39. The van der Waals surface area contributed by atoms with Crippen LogP contribution in [-0.2, 0) is 32.1 Å². The minimum absolute atomic E-state index is 0.0841. The van der Waals surface area contributed by atoms with Gasteiger partial charge in [-0.2, -0.15) is 5.10 Å². The van der Waals surface area contributed by atoms with Crippen molar-refractivity contribution >= 4 is 34.6 Å². The molecule has 13 nitrogen and oxygen atoms in total. The lowest BCUT2D eigenvalue weighted by atomic mass is 9.96. The van der Waals surface area contributed by atoms with Gasteiger partial charge < -0.3 is 30.2 Å². The Balaban J connectivity index is 0.000000302. The normalized spacial score (nSPS) is 17.6. The number of carboxylic acids is 3. The second-order valence-corrected chi connectivity index (χ2v) is 10.5. The molecule has 4 rings (SSSR count). The number of carbonyl (C=O) groups is 4. The van der Waals surface area contributed by atoms with Crippen molar-refractivity contribution in [3.05, 3.63) is 40.3 Å². The van der Waals surface area contributed by atoms with E-state index in [2.05, 4.69) is 14.9 Å². The highest BCUT2D eigenvalue weighted by Crippen LogP contribution is 2.22. The van der Waals surface area contributed by atoms with Gasteiger partial charge in [0.05, 0.1) is 30.3 Å². The number of carbonyl (C=O) groups excluding carboxylic acids is 1. The van der Waals surface area contributed by atoms with E-state index in [0.29, 0.717) is 23.7 Å². The highest BCUT2D eigenvalue weighted by atomic mass is 16.4. The Hall–Kier alpha value is -3.84. The van der Waals surface area contributed by atoms with Crippen LogP contribution in [0.5, 0.6) is 0 Å². The van der Waals surface area contributed by atoms with E-state index in [9.17, 15) is 24.0 Å². The molecular weight excluding hydrogens is 536 g/mol. The van der Waals surface area contributed by atoms with E-state index in [1.54, 1.807) is 0 Å². The average molecular weight is 575 g/mol. The number of aryl methyl sites for hydroxylation is 1. The van der Waals surface area contributed by atoms with Crippen LogP contribution in [0.4, 0.5) is 0 Å². The summed E-state index contributed by atoms with van der Waals surface area (Å²) in [6.45, 7) is 6.56. The Kier molecular flexibility index (Phi) is 11.0. The molecule has 0 saturated carbocycles. The summed E-state index contributed by atoms with van der Waals surface area (Å²) < 4.78 is 1.48. The zero-order valence-corrected chi connectivity index (χ0v) is 23.2. The Morgan fingerprint density at radius 3 is 2.07 bits per heavy atom. The quantitative estimate of drug-likeness (QED) is 0.319. The molecule has 1 unspecified atom stereocenters. The summed E-state index contributed by atoms with van der Waals surface area (Å²) in [7, 11) is 0. The fourth-order valence-electron chi connectivity index (χ4n) is 5.39.